The molecule has 0 aliphatic carbocycles. The predicted octanol–water partition coefficient (Wildman–Crippen LogP) is 2.31. The van der Waals surface area contributed by atoms with E-state index in [4.69, 9.17) is 0 Å². The van der Waals surface area contributed by atoms with Crippen LogP contribution in [-0.2, 0) is 11.2 Å². The van der Waals surface area contributed by atoms with Crippen molar-refractivity contribution >= 4 is 11.6 Å². The lowest BCUT2D eigenvalue weighted by Crippen LogP contribution is -2.33. The van der Waals surface area contributed by atoms with E-state index in [0.717, 1.165) is 39.0 Å². The molecular formula is C15H22N2O. The van der Waals surface area contributed by atoms with E-state index in [2.05, 4.69) is 36.1 Å². The highest BCUT2D eigenvalue weighted by Gasteiger charge is 2.16. The van der Waals surface area contributed by atoms with E-state index in [9.17, 15) is 4.79 Å². The zero-order valence-corrected chi connectivity index (χ0v) is 11.4. The Balaban J connectivity index is 2.02. The van der Waals surface area contributed by atoms with Crippen LogP contribution < -0.4 is 4.90 Å². The molecule has 0 saturated carbocycles. The van der Waals surface area contributed by atoms with E-state index < -0.39 is 0 Å². The number of anilines is 1. The quantitative estimate of drug-likeness (QED) is 0.799. The highest BCUT2D eigenvalue weighted by Crippen LogP contribution is 2.17. The number of hydrogen-bond acceptors (Lipinski definition) is 2. The third-order valence-electron chi connectivity index (χ3n) is 3.65. The molecule has 0 atom stereocenters. The van der Waals surface area contributed by atoms with E-state index >= 15 is 0 Å². The molecule has 18 heavy (non-hydrogen) atoms. The summed E-state index contributed by atoms with van der Waals surface area (Å²) in [6.45, 7) is 7.53. The van der Waals surface area contributed by atoms with Crippen molar-refractivity contribution in [3.63, 3.8) is 0 Å². The van der Waals surface area contributed by atoms with Crippen molar-refractivity contribution in [2.75, 3.05) is 31.1 Å². The molecule has 0 spiro atoms. The molecule has 3 heteroatoms. The molecular weight excluding hydrogens is 224 g/mol. The van der Waals surface area contributed by atoms with Gasteiger partial charge >= 0.3 is 0 Å². The number of amides is 1. The summed E-state index contributed by atoms with van der Waals surface area (Å²) >= 11 is 0. The number of hydrogen-bond donors (Lipinski definition) is 0. The van der Waals surface area contributed by atoms with E-state index in [0.29, 0.717) is 0 Å². The van der Waals surface area contributed by atoms with E-state index in [1.165, 1.54) is 11.3 Å². The molecule has 0 aromatic heterocycles. The standard InChI is InChI=1S/C15H22N2O/c1-3-14-5-7-15(8-6-14)17-10-4-9-16(11-12-17)13(2)18/h5-8H,3-4,9-12H2,1-2H3. The van der Waals surface area contributed by atoms with E-state index in [1.54, 1.807) is 6.92 Å². The maximum Gasteiger partial charge on any atom is 0.219 e. The van der Waals surface area contributed by atoms with Gasteiger partial charge in [0.05, 0.1) is 0 Å². The zero-order chi connectivity index (χ0) is 13.0. The average Bonchev–Trinajstić information content (AvgIpc) is 2.64. The summed E-state index contributed by atoms with van der Waals surface area (Å²) in [6, 6.07) is 8.79. The summed E-state index contributed by atoms with van der Waals surface area (Å²) in [4.78, 5) is 15.7. The molecule has 1 fully saturated rings. The van der Waals surface area contributed by atoms with Crippen LogP contribution in [0.4, 0.5) is 5.69 Å². The van der Waals surface area contributed by atoms with Crippen LogP contribution in [0.3, 0.4) is 0 Å². The minimum atomic E-state index is 0.193. The molecule has 1 saturated heterocycles. The highest BCUT2D eigenvalue weighted by molar-refractivity contribution is 5.73. The molecule has 98 valence electrons. The van der Waals surface area contributed by atoms with Gasteiger partial charge in [0.2, 0.25) is 5.91 Å². The van der Waals surface area contributed by atoms with Gasteiger partial charge in [0.15, 0.2) is 0 Å². The van der Waals surface area contributed by atoms with Crippen molar-refractivity contribution in [1.82, 2.24) is 4.90 Å². The molecule has 0 unspecified atom stereocenters. The van der Waals surface area contributed by atoms with Crippen molar-refractivity contribution in [2.45, 2.75) is 26.7 Å². The second-order valence-electron chi connectivity index (χ2n) is 4.87. The Kier molecular flexibility index (Phi) is 4.24. The van der Waals surface area contributed by atoms with Gasteiger partial charge in [-0.3, -0.25) is 4.79 Å². The van der Waals surface area contributed by atoms with Crippen molar-refractivity contribution in [2.24, 2.45) is 0 Å². The van der Waals surface area contributed by atoms with Gasteiger partial charge in [-0.2, -0.15) is 0 Å². The van der Waals surface area contributed by atoms with Crippen LogP contribution in [0, 0.1) is 0 Å². The zero-order valence-electron chi connectivity index (χ0n) is 11.4. The van der Waals surface area contributed by atoms with Gasteiger partial charge < -0.3 is 9.80 Å². The molecule has 1 aliphatic rings. The molecule has 1 heterocycles. The third kappa shape index (κ3) is 3.03. The Morgan fingerprint density at radius 2 is 1.83 bits per heavy atom. The largest absolute Gasteiger partial charge is 0.370 e. The Morgan fingerprint density at radius 1 is 1.11 bits per heavy atom. The normalized spacial score (nSPS) is 16.6. The molecule has 1 aliphatic heterocycles. The van der Waals surface area contributed by atoms with Crippen LogP contribution in [-0.4, -0.2) is 37.0 Å². The number of aryl methyl sites for hydroxylation is 1. The van der Waals surface area contributed by atoms with Gasteiger partial charge in [0.1, 0.15) is 0 Å². The highest BCUT2D eigenvalue weighted by atomic mass is 16.2. The van der Waals surface area contributed by atoms with Gasteiger partial charge in [-0.05, 0) is 30.5 Å². The summed E-state index contributed by atoms with van der Waals surface area (Å²) in [6.07, 6.45) is 2.13. The molecule has 0 N–H and O–H groups in total. The molecule has 2 rings (SSSR count). The summed E-state index contributed by atoms with van der Waals surface area (Å²) in [5, 5.41) is 0. The summed E-state index contributed by atoms with van der Waals surface area (Å²) < 4.78 is 0. The van der Waals surface area contributed by atoms with Gasteiger partial charge in [-0.1, -0.05) is 19.1 Å². The molecule has 1 aromatic rings. The fraction of sp³-hybridized carbons (Fsp3) is 0.533. The van der Waals surface area contributed by atoms with Crippen molar-refractivity contribution < 1.29 is 4.79 Å². The van der Waals surface area contributed by atoms with E-state index in [-0.39, 0.29) is 5.91 Å². The average molecular weight is 246 g/mol. The Bertz CT molecular complexity index is 399. The summed E-state index contributed by atoms with van der Waals surface area (Å²) in [5.41, 5.74) is 2.65. The molecule has 3 nitrogen and oxygen atoms in total. The lowest BCUT2D eigenvalue weighted by molar-refractivity contribution is -0.128. The number of carbonyl (C=O) groups excluding carboxylic acids is 1. The first-order chi connectivity index (χ1) is 8.70. The van der Waals surface area contributed by atoms with Crippen LogP contribution in [0.1, 0.15) is 25.8 Å². The van der Waals surface area contributed by atoms with Crippen LogP contribution in [0.25, 0.3) is 0 Å². The molecule has 0 radical (unpaired) electrons. The maximum atomic E-state index is 11.4. The number of carbonyl (C=O) groups is 1. The maximum absolute atomic E-state index is 11.4. The third-order valence-corrected chi connectivity index (χ3v) is 3.65. The predicted molar refractivity (Wildman–Crippen MR) is 74.9 cm³/mol. The number of nitrogens with zero attached hydrogens (tertiary/aromatic N) is 2. The van der Waals surface area contributed by atoms with Crippen molar-refractivity contribution in [1.29, 1.82) is 0 Å². The second kappa shape index (κ2) is 5.89. The fourth-order valence-corrected chi connectivity index (χ4v) is 2.43. The second-order valence-corrected chi connectivity index (χ2v) is 4.87. The minimum Gasteiger partial charge on any atom is -0.370 e. The van der Waals surface area contributed by atoms with Crippen LogP contribution >= 0.6 is 0 Å². The Labute approximate surface area is 109 Å². The Hall–Kier alpha value is -1.51. The Morgan fingerprint density at radius 3 is 2.44 bits per heavy atom. The van der Waals surface area contributed by atoms with Gasteiger partial charge in [-0.25, -0.2) is 0 Å². The number of benzene rings is 1. The lowest BCUT2D eigenvalue weighted by Gasteiger charge is -2.23. The molecule has 1 aromatic carbocycles. The van der Waals surface area contributed by atoms with Crippen LogP contribution in [0.5, 0.6) is 0 Å². The lowest BCUT2D eigenvalue weighted by atomic mass is 10.1. The minimum absolute atomic E-state index is 0.193. The van der Waals surface area contributed by atoms with Crippen molar-refractivity contribution in [3.8, 4) is 0 Å². The molecule has 0 bridgehead atoms. The van der Waals surface area contributed by atoms with Crippen LogP contribution in [0.2, 0.25) is 0 Å². The van der Waals surface area contributed by atoms with Gasteiger partial charge in [0.25, 0.3) is 0 Å². The van der Waals surface area contributed by atoms with E-state index in [1.807, 2.05) is 4.90 Å². The summed E-state index contributed by atoms with van der Waals surface area (Å²) in [7, 11) is 0. The van der Waals surface area contributed by atoms with Gasteiger partial charge in [0, 0.05) is 38.8 Å². The smallest absolute Gasteiger partial charge is 0.219 e. The first-order valence-corrected chi connectivity index (χ1v) is 6.80. The SMILES string of the molecule is CCc1ccc(N2CCCN(C(C)=O)CC2)cc1. The first kappa shape index (κ1) is 12.9. The van der Waals surface area contributed by atoms with Crippen molar-refractivity contribution in [3.05, 3.63) is 29.8 Å². The summed E-state index contributed by atoms with van der Waals surface area (Å²) in [5.74, 6) is 0.193. The van der Waals surface area contributed by atoms with Crippen LogP contribution in [0.15, 0.2) is 24.3 Å². The van der Waals surface area contributed by atoms with Gasteiger partial charge in [-0.15, -0.1) is 0 Å². The topological polar surface area (TPSA) is 23.6 Å². The fourth-order valence-electron chi connectivity index (χ4n) is 2.43. The molecule has 1 amide bonds. The number of rotatable bonds is 2. The first-order valence-electron chi connectivity index (χ1n) is 6.80. The monoisotopic (exact) mass is 246 g/mol.